The Hall–Kier alpha value is -1.91. The Balaban J connectivity index is 2.14. The Morgan fingerprint density at radius 3 is 2.79 bits per heavy atom. The lowest BCUT2D eigenvalue weighted by Crippen LogP contribution is -2.42. The molecule has 2 rings (SSSR count). The van der Waals surface area contributed by atoms with Crippen LogP contribution < -0.4 is 0 Å². The molecule has 102 valence electrons. The molecule has 1 aliphatic rings. The van der Waals surface area contributed by atoms with E-state index >= 15 is 0 Å². The molecule has 4 nitrogen and oxygen atoms in total. The van der Waals surface area contributed by atoms with E-state index < -0.39 is 17.7 Å². The van der Waals surface area contributed by atoms with Gasteiger partial charge in [-0.15, -0.1) is 0 Å². The van der Waals surface area contributed by atoms with Crippen molar-refractivity contribution in [2.24, 2.45) is 5.92 Å². The van der Waals surface area contributed by atoms with E-state index in [9.17, 15) is 14.0 Å². The lowest BCUT2D eigenvalue weighted by atomic mass is 9.97. The van der Waals surface area contributed by atoms with Gasteiger partial charge in [0.1, 0.15) is 5.82 Å². The number of carboxylic acid groups (broad SMARTS) is 1. The molecule has 1 heterocycles. The van der Waals surface area contributed by atoms with Crippen LogP contribution in [0, 0.1) is 18.7 Å². The second-order valence-corrected chi connectivity index (χ2v) is 4.89. The maximum Gasteiger partial charge on any atom is 0.308 e. The first-order valence-corrected chi connectivity index (χ1v) is 6.27. The Morgan fingerprint density at radius 1 is 1.42 bits per heavy atom. The number of carboxylic acids is 1. The molecule has 1 aromatic rings. The molecule has 1 fully saturated rings. The molecule has 1 aliphatic heterocycles. The highest BCUT2D eigenvalue weighted by Gasteiger charge is 2.28. The molecule has 1 saturated heterocycles. The number of hydrogen-bond donors (Lipinski definition) is 1. The molecular formula is C14H16FNO3. The highest BCUT2D eigenvalue weighted by Crippen LogP contribution is 2.19. The second-order valence-electron chi connectivity index (χ2n) is 4.89. The van der Waals surface area contributed by atoms with Crippen LogP contribution in [0.3, 0.4) is 0 Å². The minimum absolute atomic E-state index is 0.198. The SMILES string of the molecule is Cc1ccc(C(=O)N2CCC[C@@H](C(=O)O)C2)cc1F. The molecule has 0 radical (unpaired) electrons. The van der Waals surface area contributed by atoms with Crippen LogP contribution in [0.15, 0.2) is 18.2 Å². The molecule has 0 aliphatic carbocycles. The fourth-order valence-electron chi connectivity index (χ4n) is 2.27. The zero-order valence-corrected chi connectivity index (χ0v) is 10.7. The van der Waals surface area contributed by atoms with Crippen molar-refractivity contribution in [2.75, 3.05) is 13.1 Å². The standard InChI is InChI=1S/C14H16FNO3/c1-9-4-5-10(7-12(9)15)13(17)16-6-2-3-11(8-16)14(18)19/h4-5,7,11H,2-3,6,8H2,1H3,(H,18,19)/t11-/m1/s1. The summed E-state index contributed by atoms with van der Waals surface area (Å²) in [4.78, 5) is 24.7. The lowest BCUT2D eigenvalue weighted by molar-refractivity contribution is -0.143. The number of nitrogens with zero attached hydrogens (tertiary/aromatic N) is 1. The predicted octanol–water partition coefficient (Wildman–Crippen LogP) is 2.07. The van der Waals surface area contributed by atoms with Gasteiger partial charge in [0.15, 0.2) is 0 Å². The van der Waals surface area contributed by atoms with Gasteiger partial charge in [-0.1, -0.05) is 6.07 Å². The molecule has 0 unspecified atom stereocenters. The largest absolute Gasteiger partial charge is 0.481 e. The number of aryl methyl sites for hydroxylation is 1. The monoisotopic (exact) mass is 265 g/mol. The van der Waals surface area contributed by atoms with E-state index in [0.717, 1.165) is 0 Å². The molecular weight excluding hydrogens is 249 g/mol. The van der Waals surface area contributed by atoms with Crippen LogP contribution in [0.4, 0.5) is 4.39 Å². The van der Waals surface area contributed by atoms with Gasteiger partial charge in [-0.05, 0) is 37.5 Å². The Kier molecular flexibility index (Phi) is 3.83. The normalized spacial score (nSPS) is 19.3. The van der Waals surface area contributed by atoms with Crippen LogP contribution in [0.1, 0.15) is 28.8 Å². The number of amides is 1. The van der Waals surface area contributed by atoms with Gasteiger partial charge in [-0.3, -0.25) is 9.59 Å². The molecule has 1 aromatic carbocycles. The van der Waals surface area contributed by atoms with Crippen LogP contribution in [0.25, 0.3) is 0 Å². The van der Waals surface area contributed by atoms with Crippen molar-refractivity contribution in [1.29, 1.82) is 0 Å². The number of carbonyl (C=O) groups is 2. The van der Waals surface area contributed by atoms with Crippen molar-refractivity contribution in [2.45, 2.75) is 19.8 Å². The van der Waals surface area contributed by atoms with Crippen molar-refractivity contribution in [1.82, 2.24) is 4.90 Å². The number of likely N-dealkylation sites (tertiary alicyclic amines) is 1. The lowest BCUT2D eigenvalue weighted by Gasteiger charge is -2.30. The molecule has 1 N–H and O–H groups in total. The van der Waals surface area contributed by atoms with E-state index in [-0.39, 0.29) is 18.0 Å². The third-order valence-corrected chi connectivity index (χ3v) is 3.48. The molecule has 1 amide bonds. The Bertz CT molecular complexity index is 515. The predicted molar refractivity (Wildman–Crippen MR) is 67.4 cm³/mol. The van der Waals surface area contributed by atoms with E-state index in [1.54, 1.807) is 19.1 Å². The first kappa shape index (κ1) is 13.5. The third kappa shape index (κ3) is 2.92. The van der Waals surface area contributed by atoms with Gasteiger partial charge in [-0.25, -0.2) is 4.39 Å². The molecule has 0 saturated carbocycles. The summed E-state index contributed by atoms with van der Waals surface area (Å²) >= 11 is 0. The average Bonchev–Trinajstić information content (AvgIpc) is 2.41. The number of benzene rings is 1. The maximum absolute atomic E-state index is 13.4. The fraction of sp³-hybridized carbons (Fsp3) is 0.429. The summed E-state index contributed by atoms with van der Waals surface area (Å²) in [5.74, 6) is -2.12. The number of rotatable bonds is 2. The van der Waals surface area contributed by atoms with Gasteiger partial charge in [0.05, 0.1) is 5.92 Å². The smallest absolute Gasteiger partial charge is 0.308 e. The fourth-order valence-corrected chi connectivity index (χ4v) is 2.27. The molecule has 19 heavy (non-hydrogen) atoms. The molecule has 0 bridgehead atoms. The van der Waals surface area contributed by atoms with E-state index in [1.807, 2.05) is 0 Å². The van der Waals surface area contributed by atoms with Gasteiger partial charge in [0.2, 0.25) is 0 Å². The number of piperidine rings is 1. The molecule has 1 atom stereocenters. The van der Waals surface area contributed by atoms with E-state index in [2.05, 4.69) is 0 Å². The van der Waals surface area contributed by atoms with Crippen molar-refractivity contribution < 1.29 is 19.1 Å². The second kappa shape index (κ2) is 5.38. The summed E-state index contributed by atoms with van der Waals surface area (Å²) < 4.78 is 13.4. The summed E-state index contributed by atoms with van der Waals surface area (Å²) in [6.45, 7) is 2.35. The van der Waals surface area contributed by atoms with Crippen molar-refractivity contribution >= 4 is 11.9 Å². The first-order chi connectivity index (χ1) is 8.99. The summed E-state index contributed by atoms with van der Waals surface area (Å²) in [5, 5.41) is 8.99. The first-order valence-electron chi connectivity index (χ1n) is 6.27. The minimum Gasteiger partial charge on any atom is -0.481 e. The zero-order chi connectivity index (χ0) is 14.0. The Labute approximate surface area is 110 Å². The highest BCUT2D eigenvalue weighted by atomic mass is 19.1. The third-order valence-electron chi connectivity index (χ3n) is 3.48. The van der Waals surface area contributed by atoms with E-state index in [1.165, 1.54) is 11.0 Å². The molecule has 0 aromatic heterocycles. The van der Waals surface area contributed by atoms with Gasteiger partial charge in [0, 0.05) is 18.7 Å². The quantitative estimate of drug-likeness (QED) is 0.890. The van der Waals surface area contributed by atoms with E-state index in [4.69, 9.17) is 5.11 Å². The Morgan fingerprint density at radius 2 is 2.16 bits per heavy atom. The highest BCUT2D eigenvalue weighted by molar-refractivity contribution is 5.94. The number of carbonyl (C=O) groups excluding carboxylic acids is 1. The zero-order valence-electron chi connectivity index (χ0n) is 10.7. The summed E-state index contributed by atoms with van der Waals surface area (Å²) in [6, 6.07) is 4.34. The topological polar surface area (TPSA) is 57.6 Å². The number of hydrogen-bond acceptors (Lipinski definition) is 2. The van der Waals surface area contributed by atoms with Crippen LogP contribution in [-0.2, 0) is 4.79 Å². The number of halogens is 1. The number of aliphatic carboxylic acids is 1. The van der Waals surface area contributed by atoms with Crippen LogP contribution >= 0.6 is 0 Å². The summed E-state index contributed by atoms with van der Waals surface area (Å²) in [7, 11) is 0. The van der Waals surface area contributed by atoms with Gasteiger partial charge < -0.3 is 10.0 Å². The van der Waals surface area contributed by atoms with Crippen LogP contribution in [0.5, 0.6) is 0 Å². The van der Waals surface area contributed by atoms with Gasteiger partial charge >= 0.3 is 5.97 Å². The van der Waals surface area contributed by atoms with Crippen molar-refractivity contribution in [3.63, 3.8) is 0 Å². The summed E-state index contributed by atoms with van der Waals surface area (Å²) in [5.41, 5.74) is 0.757. The van der Waals surface area contributed by atoms with Gasteiger partial charge in [0.25, 0.3) is 5.91 Å². The molecule has 0 spiro atoms. The minimum atomic E-state index is -0.882. The van der Waals surface area contributed by atoms with Crippen molar-refractivity contribution in [3.05, 3.63) is 35.1 Å². The average molecular weight is 265 g/mol. The van der Waals surface area contributed by atoms with E-state index in [0.29, 0.717) is 24.9 Å². The molecule has 5 heteroatoms. The maximum atomic E-state index is 13.4. The van der Waals surface area contributed by atoms with Crippen LogP contribution in [0.2, 0.25) is 0 Å². The van der Waals surface area contributed by atoms with Gasteiger partial charge in [-0.2, -0.15) is 0 Å². The summed E-state index contributed by atoms with van der Waals surface area (Å²) in [6.07, 6.45) is 1.25. The van der Waals surface area contributed by atoms with Crippen LogP contribution in [-0.4, -0.2) is 35.0 Å². The van der Waals surface area contributed by atoms with Crippen molar-refractivity contribution in [3.8, 4) is 0 Å².